The first-order valence-electron chi connectivity index (χ1n) is 5.24. The Labute approximate surface area is 104 Å². The van der Waals surface area contributed by atoms with E-state index in [9.17, 15) is 0 Å². The maximum absolute atomic E-state index is 4.37. The molecule has 0 spiro atoms. The molecule has 78 valence electrons. The van der Waals surface area contributed by atoms with Crippen LogP contribution in [0.3, 0.4) is 0 Å². The summed E-state index contributed by atoms with van der Waals surface area (Å²) in [4.78, 5) is 4.37. The number of aromatic nitrogens is 1. The summed E-state index contributed by atoms with van der Waals surface area (Å²) >= 11 is 2.48. The van der Waals surface area contributed by atoms with Gasteiger partial charge in [0.15, 0.2) is 0 Å². The zero-order valence-electron chi connectivity index (χ0n) is 8.78. The van der Waals surface area contributed by atoms with Crippen molar-refractivity contribution in [2.45, 2.75) is 23.7 Å². The minimum Gasteiger partial charge on any atom is -0.256 e. The second-order valence-electron chi connectivity index (χ2n) is 3.81. The number of benzene rings is 1. The minimum absolute atomic E-state index is 0.731. The van der Waals surface area contributed by atoms with Gasteiger partial charge in [0.05, 0.1) is 5.52 Å². The molecule has 0 saturated carbocycles. The number of alkyl halides is 1. The molecule has 15 heavy (non-hydrogen) atoms. The van der Waals surface area contributed by atoms with Crippen LogP contribution in [0.25, 0.3) is 10.9 Å². The van der Waals surface area contributed by atoms with Crippen molar-refractivity contribution in [1.82, 2.24) is 4.98 Å². The lowest BCUT2D eigenvalue weighted by Gasteiger charge is -2.06. The van der Waals surface area contributed by atoms with E-state index in [0.717, 1.165) is 15.9 Å². The average Bonchev–Trinajstić information content (AvgIpc) is 2.26. The lowest BCUT2D eigenvalue weighted by Crippen LogP contribution is -1.95. The number of para-hydroxylation sites is 1. The van der Waals surface area contributed by atoms with E-state index in [-0.39, 0.29) is 0 Å². The Morgan fingerprint density at radius 2 is 2.07 bits per heavy atom. The number of halogens is 1. The van der Waals surface area contributed by atoms with Gasteiger partial charge in [-0.2, -0.15) is 0 Å². The van der Waals surface area contributed by atoms with Crippen molar-refractivity contribution in [2.24, 2.45) is 0 Å². The zero-order valence-corrected chi connectivity index (χ0v) is 10.9. The van der Waals surface area contributed by atoms with Crippen LogP contribution in [0.2, 0.25) is 0 Å². The smallest absolute Gasteiger partial charge is 0.0704 e. The summed E-state index contributed by atoms with van der Waals surface area (Å²) in [6.07, 6.45) is 4.29. The second-order valence-corrected chi connectivity index (χ2v) is 5.93. The molecular weight excluding hydrogens is 297 g/mol. The molecule has 0 radical (unpaired) electrons. The molecular formula is C13H14IN. The molecule has 0 aliphatic carbocycles. The Hall–Kier alpha value is -0.640. The van der Waals surface area contributed by atoms with Crippen molar-refractivity contribution < 1.29 is 0 Å². The first-order valence-corrected chi connectivity index (χ1v) is 6.48. The number of hydrogen-bond acceptors (Lipinski definition) is 1. The third-order valence-corrected chi connectivity index (χ3v) is 3.17. The molecule has 0 aliphatic heterocycles. The van der Waals surface area contributed by atoms with Crippen LogP contribution in [0, 0.1) is 0 Å². The molecule has 2 aromatic rings. The fourth-order valence-corrected chi connectivity index (χ4v) is 2.04. The Morgan fingerprint density at radius 3 is 2.87 bits per heavy atom. The van der Waals surface area contributed by atoms with Gasteiger partial charge in [-0.05, 0) is 30.5 Å². The van der Waals surface area contributed by atoms with E-state index in [1.54, 1.807) is 0 Å². The Morgan fingerprint density at radius 1 is 1.27 bits per heavy atom. The van der Waals surface area contributed by atoms with Crippen LogP contribution >= 0.6 is 22.6 Å². The number of aryl methyl sites for hydroxylation is 1. The van der Waals surface area contributed by atoms with Gasteiger partial charge in [0, 0.05) is 15.5 Å². The molecule has 0 saturated heterocycles. The molecule has 1 atom stereocenters. The molecule has 1 nitrogen and oxygen atoms in total. The third-order valence-electron chi connectivity index (χ3n) is 2.55. The molecule has 0 fully saturated rings. The number of pyridine rings is 1. The fraction of sp³-hybridized carbons (Fsp3) is 0.308. The molecule has 2 rings (SSSR count). The maximum Gasteiger partial charge on any atom is 0.0704 e. The summed E-state index contributed by atoms with van der Waals surface area (Å²) in [6, 6.07) is 10.5. The van der Waals surface area contributed by atoms with Gasteiger partial charge < -0.3 is 0 Å². The van der Waals surface area contributed by atoms with Crippen LogP contribution in [0.4, 0.5) is 0 Å². The Bertz CT molecular complexity index is 446. The van der Waals surface area contributed by atoms with Crippen molar-refractivity contribution in [1.29, 1.82) is 0 Å². The standard InChI is InChI=1S/C13H14IN/c1-10(14)6-7-11-8-9-15-13-5-3-2-4-12(11)13/h2-5,8-10H,6-7H2,1H3. The highest BCUT2D eigenvalue weighted by atomic mass is 127. The van der Waals surface area contributed by atoms with Crippen molar-refractivity contribution in [3.05, 3.63) is 42.1 Å². The van der Waals surface area contributed by atoms with Crippen molar-refractivity contribution in [2.75, 3.05) is 0 Å². The van der Waals surface area contributed by atoms with Crippen LogP contribution in [-0.2, 0) is 6.42 Å². The largest absolute Gasteiger partial charge is 0.256 e. The number of rotatable bonds is 3. The van der Waals surface area contributed by atoms with E-state index in [2.05, 4.69) is 58.8 Å². The molecule has 1 aromatic heterocycles. The van der Waals surface area contributed by atoms with E-state index in [4.69, 9.17) is 0 Å². The molecule has 0 N–H and O–H groups in total. The highest BCUT2D eigenvalue weighted by molar-refractivity contribution is 14.1. The zero-order chi connectivity index (χ0) is 10.7. The minimum atomic E-state index is 0.731. The van der Waals surface area contributed by atoms with Crippen LogP contribution in [0.5, 0.6) is 0 Å². The third kappa shape index (κ3) is 2.68. The van der Waals surface area contributed by atoms with E-state index >= 15 is 0 Å². The molecule has 0 aliphatic rings. The maximum atomic E-state index is 4.37. The van der Waals surface area contributed by atoms with E-state index < -0.39 is 0 Å². The van der Waals surface area contributed by atoms with Crippen molar-refractivity contribution >= 4 is 33.5 Å². The van der Waals surface area contributed by atoms with Crippen LogP contribution in [-0.4, -0.2) is 8.91 Å². The normalized spacial score (nSPS) is 12.9. The highest BCUT2D eigenvalue weighted by Gasteiger charge is 2.02. The molecule has 0 amide bonds. The fourth-order valence-electron chi connectivity index (χ4n) is 1.73. The van der Waals surface area contributed by atoms with Gasteiger partial charge in [-0.15, -0.1) is 0 Å². The molecule has 0 bridgehead atoms. The molecule has 1 aromatic carbocycles. The molecule has 2 heteroatoms. The van der Waals surface area contributed by atoms with E-state index in [1.165, 1.54) is 17.4 Å². The summed E-state index contributed by atoms with van der Waals surface area (Å²) < 4.78 is 0.731. The van der Waals surface area contributed by atoms with E-state index in [0.29, 0.717) is 0 Å². The van der Waals surface area contributed by atoms with E-state index in [1.807, 2.05) is 12.3 Å². The van der Waals surface area contributed by atoms with Gasteiger partial charge in [-0.25, -0.2) is 0 Å². The number of fused-ring (bicyclic) bond motifs is 1. The molecule has 1 heterocycles. The van der Waals surface area contributed by atoms with Crippen LogP contribution in [0.15, 0.2) is 36.5 Å². The summed E-state index contributed by atoms with van der Waals surface area (Å²) in [5.41, 5.74) is 2.53. The van der Waals surface area contributed by atoms with Gasteiger partial charge in [-0.1, -0.05) is 47.7 Å². The van der Waals surface area contributed by atoms with Crippen LogP contribution in [0.1, 0.15) is 18.9 Å². The summed E-state index contributed by atoms with van der Waals surface area (Å²) in [6.45, 7) is 2.25. The number of hydrogen-bond donors (Lipinski definition) is 0. The highest BCUT2D eigenvalue weighted by Crippen LogP contribution is 2.19. The SMILES string of the molecule is CC(I)CCc1ccnc2ccccc12. The van der Waals surface area contributed by atoms with Gasteiger partial charge >= 0.3 is 0 Å². The summed E-state index contributed by atoms with van der Waals surface area (Å²) in [7, 11) is 0. The van der Waals surface area contributed by atoms with Gasteiger partial charge in [0.1, 0.15) is 0 Å². The van der Waals surface area contributed by atoms with Gasteiger partial charge in [0.25, 0.3) is 0 Å². The van der Waals surface area contributed by atoms with Crippen LogP contribution < -0.4 is 0 Å². The quantitative estimate of drug-likeness (QED) is 0.617. The first-order chi connectivity index (χ1) is 7.27. The van der Waals surface area contributed by atoms with Crippen molar-refractivity contribution in [3.63, 3.8) is 0 Å². The topological polar surface area (TPSA) is 12.9 Å². The van der Waals surface area contributed by atoms with Gasteiger partial charge in [-0.3, -0.25) is 4.98 Å². The average molecular weight is 311 g/mol. The Kier molecular flexibility index (Phi) is 3.57. The Balaban J connectivity index is 2.34. The first kappa shape index (κ1) is 10.9. The predicted octanol–water partition coefficient (Wildman–Crippen LogP) is 3.99. The van der Waals surface area contributed by atoms with Crippen molar-refractivity contribution in [3.8, 4) is 0 Å². The predicted molar refractivity (Wildman–Crippen MR) is 73.5 cm³/mol. The van der Waals surface area contributed by atoms with Gasteiger partial charge in [0.2, 0.25) is 0 Å². The second kappa shape index (κ2) is 4.92. The monoisotopic (exact) mass is 311 g/mol. The summed E-state index contributed by atoms with van der Waals surface area (Å²) in [5, 5.41) is 1.30. The summed E-state index contributed by atoms with van der Waals surface area (Å²) in [5.74, 6) is 0. The lowest BCUT2D eigenvalue weighted by atomic mass is 10.0. The molecule has 1 unspecified atom stereocenters. The lowest BCUT2D eigenvalue weighted by molar-refractivity contribution is 0.837. The number of nitrogens with zero attached hydrogens (tertiary/aromatic N) is 1.